The normalized spacial score (nSPS) is 17.2. The molecule has 1 aliphatic heterocycles. The second-order valence-corrected chi connectivity index (χ2v) is 10.2. The fourth-order valence-electron chi connectivity index (χ4n) is 5.05. The van der Waals surface area contributed by atoms with Gasteiger partial charge in [0.05, 0.1) is 0 Å². The summed E-state index contributed by atoms with van der Waals surface area (Å²) in [6.07, 6.45) is 5.36. The molecule has 2 aliphatic rings. The number of amides is 2. The molecule has 1 atom stereocenters. The number of rotatable bonds is 7. The van der Waals surface area contributed by atoms with Gasteiger partial charge in [0, 0.05) is 50.7 Å². The van der Waals surface area contributed by atoms with Crippen molar-refractivity contribution < 1.29 is 14.0 Å². The zero-order chi connectivity index (χ0) is 24.1. The molecule has 34 heavy (non-hydrogen) atoms. The highest BCUT2D eigenvalue weighted by molar-refractivity contribution is 7.27. The second-order valence-electron chi connectivity index (χ2n) is 9.57. The van der Waals surface area contributed by atoms with Gasteiger partial charge in [-0.2, -0.15) is 0 Å². The van der Waals surface area contributed by atoms with Crippen molar-refractivity contribution in [3.8, 4) is 0 Å². The van der Waals surface area contributed by atoms with E-state index in [1.54, 1.807) is 6.07 Å². The Morgan fingerprint density at radius 1 is 1.06 bits per heavy atom. The Bertz CT molecular complexity index is 1030. The van der Waals surface area contributed by atoms with Crippen LogP contribution in [0.1, 0.15) is 48.8 Å². The monoisotopic (exact) mass is 483 g/mol. The number of nitrogens with one attached hydrogen (secondary N) is 1. The van der Waals surface area contributed by atoms with Crippen LogP contribution in [0.5, 0.6) is 0 Å². The Morgan fingerprint density at radius 3 is 2.47 bits per heavy atom. The van der Waals surface area contributed by atoms with Crippen LogP contribution in [-0.4, -0.2) is 47.8 Å². The number of halogens is 1. The van der Waals surface area contributed by atoms with Gasteiger partial charge >= 0.3 is 0 Å². The summed E-state index contributed by atoms with van der Waals surface area (Å²) in [6.45, 7) is 5.56. The second kappa shape index (κ2) is 11.4. The van der Waals surface area contributed by atoms with E-state index in [1.165, 1.54) is 18.9 Å². The molecule has 1 saturated heterocycles. The lowest BCUT2D eigenvalue weighted by atomic mass is 10.0. The van der Waals surface area contributed by atoms with E-state index in [9.17, 15) is 14.0 Å². The summed E-state index contributed by atoms with van der Waals surface area (Å²) in [6, 6.07) is 10.9. The number of hydrogen-bond donors (Lipinski definition) is 1. The van der Waals surface area contributed by atoms with Crippen LogP contribution in [0.25, 0.3) is 0 Å². The SMILES string of the molecule is Cc1c(CN2CCN(C(=O)C3CCCC3)CC2)cc(F)cc1NC(=O)CCc1ccccc1P. The van der Waals surface area contributed by atoms with Gasteiger partial charge in [0.1, 0.15) is 5.82 Å². The number of nitrogens with zero attached hydrogens (tertiary/aromatic N) is 2. The van der Waals surface area contributed by atoms with Gasteiger partial charge in [-0.3, -0.25) is 14.5 Å². The molecule has 5 nitrogen and oxygen atoms in total. The molecule has 1 unspecified atom stereocenters. The van der Waals surface area contributed by atoms with Crippen molar-refractivity contribution in [1.82, 2.24) is 9.80 Å². The fraction of sp³-hybridized carbons (Fsp3) is 0.481. The van der Waals surface area contributed by atoms with Crippen molar-refractivity contribution in [2.24, 2.45) is 5.92 Å². The molecule has 0 aromatic heterocycles. The molecule has 2 aromatic carbocycles. The van der Waals surface area contributed by atoms with E-state index in [0.29, 0.717) is 31.0 Å². The summed E-state index contributed by atoms with van der Waals surface area (Å²) < 4.78 is 14.4. The minimum Gasteiger partial charge on any atom is -0.340 e. The molecule has 0 bridgehead atoms. The number of piperazine rings is 1. The zero-order valence-corrected chi connectivity index (χ0v) is 21.1. The molecule has 2 amide bonds. The van der Waals surface area contributed by atoms with Crippen LogP contribution in [0.4, 0.5) is 10.1 Å². The van der Waals surface area contributed by atoms with E-state index in [4.69, 9.17) is 0 Å². The predicted octanol–water partition coefficient (Wildman–Crippen LogP) is 4.04. The van der Waals surface area contributed by atoms with Crippen LogP contribution >= 0.6 is 9.24 Å². The van der Waals surface area contributed by atoms with Crippen molar-refractivity contribution in [3.05, 3.63) is 58.9 Å². The first-order valence-corrected chi connectivity index (χ1v) is 12.9. The molecule has 2 fully saturated rings. The Balaban J connectivity index is 1.33. The molecule has 4 rings (SSSR count). The topological polar surface area (TPSA) is 52.6 Å². The summed E-state index contributed by atoms with van der Waals surface area (Å²) in [5.41, 5.74) is 3.42. The molecule has 1 saturated carbocycles. The van der Waals surface area contributed by atoms with Crippen molar-refractivity contribution in [2.75, 3.05) is 31.5 Å². The first kappa shape index (κ1) is 24.8. The van der Waals surface area contributed by atoms with E-state index in [2.05, 4.69) is 19.5 Å². The molecule has 182 valence electrons. The number of aryl methyl sites for hydroxylation is 1. The van der Waals surface area contributed by atoms with Crippen LogP contribution in [0.3, 0.4) is 0 Å². The molecule has 0 radical (unpaired) electrons. The molecule has 0 spiro atoms. The summed E-state index contributed by atoms with van der Waals surface area (Å²) in [5.74, 6) is 0.0642. The smallest absolute Gasteiger partial charge is 0.225 e. The number of hydrogen-bond acceptors (Lipinski definition) is 3. The van der Waals surface area contributed by atoms with Crippen LogP contribution < -0.4 is 10.6 Å². The third-order valence-corrected chi connectivity index (χ3v) is 7.78. The Labute approximate surface area is 204 Å². The number of benzene rings is 2. The third-order valence-electron chi connectivity index (χ3n) is 7.21. The average molecular weight is 484 g/mol. The average Bonchev–Trinajstić information content (AvgIpc) is 3.37. The van der Waals surface area contributed by atoms with E-state index < -0.39 is 0 Å². The van der Waals surface area contributed by atoms with Gasteiger partial charge in [-0.1, -0.05) is 37.1 Å². The third kappa shape index (κ3) is 6.22. The van der Waals surface area contributed by atoms with Crippen LogP contribution in [0.15, 0.2) is 36.4 Å². The predicted molar refractivity (Wildman–Crippen MR) is 138 cm³/mol. The Morgan fingerprint density at radius 2 is 1.76 bits per heavy atom. The highest BCUT2D eigenvalue weighted by Gasteiger charge is 2.29. The zero-order valence-electron chi connectivity index (χ0n) is 20.0. The van der Waals surface area contributed by atoms with Crippen molar-refractivity contribution >= 4 is 32.0 Å². The maximum atomic E-state index is 14.4. The number of carbonyl (C=O) groups is 2. The van der Waals surface area contributed by atoms with Crippen molar-refractivity contribution in [1.29, 1.82) is 0 Å². The molecule has 1 N–H and O–H groups in total. The van der Waals surface area contributed by atoms with Gasteiger partial charge in [-0.15, -0.1) is 9.24 Å². The van der Waals surface area contributed by atoms with Crippen LogP contribution in [-0.2, 0) is 22.6 Å². The first-order valence-electron chi connectivity index (χ1n) is 12.3. The molecular weight excluding hydrogens is 448 g/mol. The standard InChI is InChI=1S/C27H35FN3O2P/c1-19-22(18-30-12-14-31(15-13-30)27(33)21-7-2-3-8-21)16-23(28)17-24(19)29-26(32)11-10-20-6-4-5-9-25(20)34/h4-6,9,16-17,21H,2-3,7-8,10-15,18,34H2,1H3,(H,29,32). The Kier molecular flexibility index (Phi) is 8.33. The van der Waals surface area contributed by atoms with Gasteiger partial charge in [0.25, 0.3) is 0 Å². The highest BCUT2D eigenvalue weighted by Crippen LogP contribution is 2.27. The van der Waals surface area contributed by atoms with Gasteiger partial charge in [-0.05, 0) is 60.3 Å². The van der Waals surface area contributed by atoms with Gasteiger partial charge < -0.3 is 10.2 Å². The molecule has 7 heteroatoms. The number of carbonyl (C=O) groups excluding carboxylic acids is 2. The van der Waals surface area contributed by atoms with Crippen molar-refractivity contribution in [2.45, 2.75) is 52.0 Å². The lowest BCUT2D eigenvalue weighted by Crippen LogP contribution is -2.49. The van der Waals surface area contributed by atoms with E-state index >= 15 is 0 Å². The summed E-state index contributed by atoms with van der Waals surface area (Å²) in [5, 5.41) is 4.00. The summed E-state index contributed by atoms with van der Waals surface area (Å²) in [7, 11) is 2.70. The molecular formula is C27H35FN3O2P. The molecule has 1 heterocycles. The fourth-order valence-corrected chi connectivity index (χ4v) is 5.40. The van der Waals surface area contributed by atoms with Crippen LogP contribution in [0.2, 0.25) is 0 Å². The number of anilines is 1. The maximum absolute atomic E-state index is 14.4. The summed E-state index contributed by atoms with van der Waals surface area (Å²) in [4.78, 5) is 29.5. The lowest BCUT2D eigenvalue weighted by Gasteiger charge is -2.36. The minimum atomic E-state index is -0.346. The van der Waals surface area contributed by atoms with Crippen LogP contribution in [0, 0.1) is 18.7 Å². The quantitative estimate of drug-likeness (QED) is 0.605. The highest BCUT2D eigenvalue weighted by atomic mass is 31.0. The molecule has 1 aliphatic carbocycles. The molecule has 2 aromatic rings. The largest absolute Gasteiger partial charge is 0.340 e. The first-order chi connectivity index (χ1) is 16.4. The van der Waals surface area contributed by atoms with E-state index in [1.807, 2.05) is 36.1 Å². The van der Waals surface area contributed by atoms with E-state index in [-0.39, 0.29) is 17.6 Å². The Hall–Kier alpha value is -2.30. The van der Waals surface area contributed by atoms with E-state index in [0.717, 1.165) is 61.0 Å². The van der Waals surface area contributed by atoms with Gasteiger partial charge in [-0.25, -0.2) is 4.39 Å². The lowest BCUT2D eigenvalue weighted by molar-refractivity contribution is -0.137. The summed E-state index contributed by atoms with van der Waals surface area (Å²) >= 11 is 0. The minimum absolute atomic E-state index is 0.119. The van der Waals surface area contributed by atoms with Gasteiger partial charge in [0.2, 0.25) is 11.8 Å². The van der Waals surface area contributed by atoms with Crippen molar-refractivity contribution in [3.63, 3.8) is 0 Å². The van der Waals surface area contributed by atoms with Gasteiger partial charge in [0.15, 0.2) is 0 Å². The maximum Gasteiger partial charge on any atom is 0.225 e.